The molecular formula is C24H36O5. The summed E-state index contributed by atoms with van der Waals surface area (Å²) < 4.78 is 10.5. The maximum absolute atomic E-state index is 11.8. The van der Waals surface area contributed by atoms with Gasteiger partial charge >= 0.3 is 11.9 Å². The van der Waals surface area contributed by atoms with Crippen molar-refractivity contribution in [1.29, 1.82) is 0 Å². The zero-order chi connectivity index (χ0) is 21.2. The van der Waals surface area contributed by atoms with Crippen molar-refractivity contribution in [2.45, 2.75) is 90.4 Å². The number of carbonyl (C=O) groups is 3. The summed E-state index contributed by atoms with van der Waals surface area (Å²) >= 11 is 0. The summed E-state index contributed by atoms with van der Waals surface area (Å²) in [7, 11) is 0. The van der Waals surface area contributed by atoms with Crippen LogP contribution in [0.2, 0.25) is 0 Å². The van der Waals surface area contributed by atoms with Crippen LogP contribution in [-0.4, -0.2) is 24.8 Å². The van der Waals surface area contributed by atoms with Crippen LogP contribution in [-0.2, 0) is 14.3 Å². The number of hydrogen-bond acceptors (Lipinski definition) is 5. The molecule has 0 amide bonds. The lowest BCUT2D eigenvalue weighted by Gasteiger charge is -2.06. The number of benzene rings is 1. The molecule has 0 aliphatic heterocycles. The molecule has 0 radical (unpaired) electrons. The topological polar surface area (TPSA) is 69.7 Å². The van der Waals surface area contributed by atoms with Crippen LogP contribution >= 0.6 is 0 Å². The van der Waals surface area contributed by atoms with Crippen LogP contribution in [0.1, 0.15) is 101 Å². The number of aldehydes is 1. The van der Waals surface area contributed by atoms with E-state index >= 15 is 0 Å². The summed E-state index contributed by atoms with van der Waals surface area (Å²) in [6, 6.07) is 6.41. The average molecular weight is 405 g/mol. The van der Waals surface area contributed by atoms with Crippen molar-refractivity contribution in [3.8, 4) is 5.75 Å². The van der Waals surface area contributed by atoms with Gasteiger partial charge in [0.15, 0.2) is 0 Å². The van der Waals surface area contributed by atoms with Crippen molar-refractivity contribution in [1.82, 2.24) is 0 Å². The lowest BCUT2D eigenvalue weighted by Crippen LogP contribution is -2.08. The first-order valence-corrected chi connectivity index (χ1v) is 11.1. The van der Waals surface area contributed by atoms with Crippen molar-refractivity contribution in [3.05, 3.63) is 29.8 Å². The Bertz CT molecular complexity index is 579. The SMILES string of the molecule is CCCCCCCCCCOC(=O)CCCCCC(=O)Oc1ccc(C=O)cc1. The number of ether oxygens (including phenoxy) is 2. The molecule has 0 saturated carbocycles. The Balaban J connectivity index is 1.93. The number of carbonyl (C=O) groups excluding carboxylic acids is 3. The lowest BCUT2D eigenvalue weighted by molar-refractivity contribution is -0.143. The minimum atomic E-state index is -0.305. The molecule has 0 fully saturated rings. The van der Waals surface area contributed by atoms with E-state index in [-0.39, 0.29) is 11.9 Å². The highest BCUT2D eigenvalue weighted by atomic mass is 16.5. The second-order valence-corrected chi connectivity index (χ2v) is 7.42. The lowest BCUT2D eigenvalue weighted by atomic mass is 10.1. The first-order chi connectivity index (χ1) is 14.2. The maximum atomic E-state index is 11.8. The molecule has 0 N–H and O–H groups in total. The second kappa shape index (κ2) is 16.8. The Labute approximate surface area is 175 Å². The fraction of sp³-hybridized carbons (Fsp3) is 0.625. The van der Waals surface area contributed by atoms with Crippen molar-refractivity contribution in [3.63, 3.8) is 0 Å². The van der Waals surface area contributed by atoms with E-state index in [1.54, 1.807) is 24.3 Å². The van der Waals surface area contributed by atoms with Gasteiger partial charge in [-0.05, 0) is 43.5 Å². The molecule has 5 heteroatoms. The fourth-order valence-electron chi connectivity index (χ4n) is 3.01. The molecule has 0 bridgehead atoms. The van der Waals surface area contributed by atoms with E-state index in [9.17, 15) is 14.4 Å². The van der Waals surface area contributed by atoms with Crippen LogP contribution in [0.25, 0.3) is 0 Å². The van der Waals surface area contributed by atoms with Crippen molar-refractivity contribution >= 4 is 18.2 Å². The van der Waals surface area contributed by atoms with Crippen molar-refractivity contribution in [2.75, 3.05) is 6.61 Å². The number of rotatable bonds is 17. The summed E-state index contributed by atoms with van der Waals surface area (Å²) in [6.07, 6.45) is 13.4. The summed E-state index contributed by atoms with van der Waals surface area (Å²) in [5.41, 5.74) is 0.541. The number of hydrogen-bond donors (Lipinski definition) is 0. The molecule has 1 aromatic rings. The molecule has 0 aromatic heterocycles. The Morgan fingerprint density at radius 2 is 1.31 bits per heavy atom. The first kappa shape index (κ1) is 24.9. The molecule has 0 unspecified atom stereocenters. The Morgan fingerprint density at radius 3 is 1.93 bits per heavy atom. The van der Waals surface area contributed by atoms with Crippen LogP contribution in [0.5, 0.6) is 5.75 Å². The highest BCUT2D eigenvalue weighted by Crippen LogP contribution is 2.13. The highest BCUT2D eigenvalue weighted by Gasteiger charge is 2.06. The predicted molar refractivity (Wildman–Crippen MR) is 114 cm³/mol. The van der Waals surface area contributed by atoms with Gasteiger partial charge in [0.2, 0.25) is 0 Å². The summed E-state index contributed by atoms with van der Waals surface area (Å²) in [6.45, 7) is 2.74. The minimum Gasteiger partial charge on any atom is -0.466 e. The molecule has 1 aromatic carbocycles. The molecular weight excluding hydrogens is 368 g/mol. The molecule has 0 heterocycles. The number of unbranched alkanes of at least 4 members (excludes halogenated alkanes) is 9. The fourth-order valence-corrected chi connectivity index (χ4v) is 3.01. The molecule has 162 valence electrons. The van der Waals surface area contributed by atoms with Gasteiger partial charge in [-0.2, -0.15) is 0 Å². The molecule has 0 saturated heterocycles. The van der Waals surface area contributed by atoms with Gasteiger partial charge < -0.3 is 9.47 Å². The minimum absolute atomic E-state index is 0.147. The third-order valence-corrected chi connectivity index (χ3v) is 4.77. The molecule has 5 nitrogen and oxygen atoms in total. The van der Waals surface area contributed by atoms with E-state index < -0.39 is 0 Å². The zero-order valence-electron chi connectivity index (χ0n) is 17.8. The predicted octanol–water partition coefficient (Wildman–Crippen LogP) is 6.04. The van der Waals surface area contributed by atoms with Gasteiger partial charge in [0.05, 0.1) is 6.61 Å². The van der Waals surface area contributed by atoms with Gasteiger partial charge in [-0.1, -0.05) is 58.3 Å². The molecule has 0 atom stereocenters. The summed E-state index contributed by atoms with van der Waals surface area (Å²) in [5, 5.41) is 0. The Hall–Kier alpha value is -2.17. The van der Waals surface area contributed by atoms with Gasteiger partial charge in [0.1, 0.15) is 12.0 Å². The third kappa shape index (κ3) is 13.6. The zero-order valence-corrected chi connectivity index (χ0v) is 17.8. The standard InChI is InChI=1S/C24H36O5/c1-2-3-4-5-6-7-8-12-19-28-23(26)13-10-9-11-14-24(27)29-22-17-15-21(20-25)16-18-22/h15-18,20H,2-14,19H2,1H3. The summed E-state index contributed by atoms with van der Waals surface area (Å²) in [4.78, 5) is 34.1. The van der Waals surface area contributed by atoms with Crippen LogP contribution < -0.4 is 4.74 Å². The molecule has 1 rings (SSSR count). The normalized spacial score (nSPS) is 10.5. The summed E-state index contributed by atoms with van der Waals surface area (Å²) in [5.74, 6) is -0.0166. The van der Waals surface area contributed by atoms with Gasteiger partial charge in [-0.3, -0.25) is 14.4 Å². The Morgan fingerprint density at radius 1 is 0.759 bits per heavy atom. The van der Waals surface area contributed by atoms with Gasteiger partial charge in [-0.25, -0.2) is 0 Å². The third-order valence-electron chi connectivity index (χ3n) is 4.77. The van der Waals surface area contributed by atoms with E-state index in [0.29, 0.717) is 37.2 Å². The van der Waals surface area contributed by atoms with Crippen LogP contribution in [0, 0.1) is 0 Å². The van der Waals surface area contributed by atoms with E-state index in [2.05, 4.69) is 6.92 Å². The molecule has 0 aliphatic rings. The van der Waals surface area contributed by atoms with E-state index in [1.807, 2.05) is 0 Å². The van der Waals surface area contributed by atoms with Crippen LogP contribution in [0.3, 0.4) is 0 Å². The van der Waals surface area contributed by atoms with Crippen molar-refractivity contribution < 1.29 is 23.9 Å². The second-order valence-electron chi connectivity index (χ2n) is 7.42. The Kier molecular flexibility index (Phi) is 14.4. The van der Waals surface area contributed by atoms with Gasteiger partial charge in [0.25, 0.3) is 0 Å². The maximum Gasteiger partial charge on any atom is 0.311 e. The van der Waals surface area contributed by atoms with Gasteiger partial charge in [0, 0.05) is 18.4 Å². The highest BCUT2D eigenvalue weighted by molar-refractivity contribution is 5.76. The van der Waals surface area contributed by atoms with Crippen LogP contribution in [0.4, 0.5) is 0 Å². The largest absolute Gasteiger partial charge is 0.466 e. The smallest absolute Gasteiger partial charge is 0.311 e. The number of esters is 2. The molecule has 0 aliphatic carbocycles. The quantitative estimate of drug-likeness (QED) is 0.137. The van der Waals surface area contributed by atoms with Crippen LogP contribution in [0.15, 0.2) is 24.3 Å². The monoisotopic (exact) mass is 404 g/mol. The van der Waals surface area contributed by atoms with E-state index in [4.69, 9.17) is 9.47 Å². The molecule has 29 heavy (non-hydrogen) atoms. The van der Waals surface area contributed by atoms with Crippen molar-refractivity contribution in [2.24, 2.45) is 0 Å². The average Bonchev–Trinajstić information content (AvgIpc) is 2.73. The first-order valence-electron chi connectivity index (χ1n) is 11.1. The van der Waals surface area contributed by atoms with E-state index in [1.165, 1.54) is 38.5 Å². The molecule has 0 spiro atoms. The van der Waals surface area contributed by atoms with Gasteiger partial charge in [-0.15, -0.1) is 0 Å². The van der Waals surface area contributed by atoms with E-state index in [0.717, 1.165) is 32.0 Å².